The lowest BCUT2D eigenvalue weighted by Crippen LogP contribution is -2.34. The van der Waals surface area contributed by atoms with Gasteiger partial charge in [0.15, 0.2) is 0 Å². The molecule has 3 aromatic rings. The van der Waals surface area contributed by atoms with Crippen molar-refractivity contribution >= 4 is 34.3 Å². The molecule has 0 fully saturated rings. The highest BCUT2D eigenvalue weighted by Crippen LogP contribution is 2.19. The van der Waals surface area contributed by atoms with E-state index in [0.717, 1.165) is 22.3 Å². The average Bonchev–Trinajstić information content (AvgIpc) is 2.68. The second-order valence-corrected chi connectivity index (χ2v) is 6.65. The minimum Gasteiger partial charge on any atom is -0.378 e. The lowest BCUT2D eigenvalue weighted by atomic mass is 10.1. The van der Waals surface area contributed by atoms with Crippen molar-refractivity contribution < 1.29 is 4.79 Å². The van der Waals surface area contributed by atoms with Crippen molar-refractivity contribution in [3.05, 3.63) is 72.3 Å². The van der Waals surface area contributed by atoms with E-state index in [-0.39, 0.29) is 5.91 Å². The molecule has 0 unspecified atom stereocenters. The Labute approximate surface area is 159 Å². The summed E-state index contributed by atoms with van der Waals surface area (Å²) in [6.45, 7) is 1.81. The molecule has 0 radical (unpaired) electrons. The summed E-state index contributed by atoms with van der Waals surface area (Å²) in [6, 6.07) is 21.7. The molecule has 0 aromatic heterocycles. The first-order chi connectivity index (χ1) is 13.0. The zero-order chi connectivity index (χ0) is 19.2. The largest absolute Gasteiger partial charge is 0.378 e. The third kappa shape index (κ3) is 4.85. The van der Waals surface area contributed by atoms with Crippen LogP contribution in [0.3, 0.4) is 0 Å². The minimum absolute atomic E-state index is 0.190. The van der Waals surface area contributed by atoms with Crippen molar-refractivity contribution in [1.29, 1.82) is 0 Å². The molecule has 1 atom stereocenters. The van der Waals surface area contributed by atoms with Crippen LogP contribution in [0.1, 0.15) is 12.5 Å². The number of hydrogen-bond acceptors (Lipinski definition) is 4. The molecule has 0 aliphatic heterocycles. The summed E-state index contributed by atoms with van der Waals surface area (Å²) in [5.41, 5.74) is 5.53. The van der Waals surface area contributed by atoms with Crippen molar-refractivity contribution in [2.24, 2.45) is 5.10 Å². The quantitative estimate of drug-likeness (QED) is 0.518. The van der Waals surface area contributed by atoms with Gasteiger partial charge >= 0.3 is 0 Å². The Bertz CT molecular complexity index is 948. The number of nitrogens with zero attached hydrogens (tertiary/aromatic N) is 2. The van der Waals surface area contributed by atoms with E-state index in [1.54, 1.807) is 6.21 Å². The molecule has 0 aliphatic rings. The van der Waals surface area contributed by atoms with Crippen molar-refractivity contribution in [2.45, 2.75) is 13.0 Å². The molecule has 138 valence electrons. The van der Waals surface area contributed by atoms with Crippen molar-refractivity contribution in [1.82, 2.24) is 5.43 Å². The summed E-state index contributed by atoms with van der Waals surface area (Å²) in [6.07, 6.45) is 1.64. The summed E-state index contributed by atoms with van der Waals surface area (Å²) < 4.78 is 0. The maximum atomic E-state index is 12.3. The monoisotopic (exact) mass is 360 g/mol. The normalized spacial score (nSPS) is 12.1. The number of benzene rings is 3. The van der Waals surface area contributed by atoms with Crippen LogP contribution in [0, 0.1) is 0 Å². The van der Waals surface area contributed by atoms with Crippen molar-refractivity contribution in [2.75, 3.05) is 24.3 Å². The van der Waals surface area contributed by atoms with Gasteiger partial charge < -0.3 is 10.2 Å². The fourth-order valence-corrected chi connectivity index (χ4v) is 2.72. The summed E-state index contributed by atoms with van der Waals surface area (Å²) >= 11 is 0. The molecule has 0 heterocycles. The Morgan fingerprint density at radius 3 is 2.41 bits per heavy atom. The molecule has 5 nitrogen and oxygen atoms in total. The Morgan fingerprint density at radius 2 is 1.70 bits per heavy atom. The summed E-state index contributed by atoms with van der Waals surface area (Å²) in [5, 5.41) is 9.57. The highest BCUT2D eigenvalue weighted by atomic mass is 16.2. The molecule has 0 spiro atoms. The topological polar surface area (TPSA) is 56.7 Å². The Hall–Kier alpha value is -3.34. The second-order valence-electron chi connectivity index (χ2n) is 6.65. The fraction of sp³-hybridized carbons (Fsp3) is 0.182. The number of hydrogen-bond donors (Lipinski definition) is 2. The molecule has 1 amide bonds. The van der Waals surface area contributed by atoms with E-state index >= 15 is 0 Å². The first-order valence-electron chi connectivity index (χ1n) is 8.88. The third-order valence-corrected chi connectivity index (χ3v) is 4.32. The smallest absolute Gasteiger partial charge is 0.262 e. The lowest BCUT2D eigenvalue weighted by Gasteiger charge is -2.14. The van der Waals surface area contributed by atoms with E-state index in [9.17, 15) is 4.79 Å². The number of rotatable bonds is 6. The van der Waals surface area contributed by atoms with E-state index in [2.05, 4.69) is 28.0 Å². The molecule has 0 saturated heterocycles. The Balaban J connectivity index is 1.56. The van der Waals surface area contributed by atoms with Crippen LogP contribution in [0.5, 0.6) is 0 Å². The van der Waals surface area contributed by atoms with Crippen molar-refractivity contribution in [3.8, 4) is 0 Å². The van der Waals surface area contributed by atoms with Crippen LogP contribution < -0.4 is 15.6 Å². The highest BCUT2D eigenvalue weighted by molar-refractivity contribution is 5.89. The number of fused-ring (bicyclic) bond motifs is 1. The van der Waals surface area contributed by atoms with Gasteiger partial charge in [-0.3, -0.25) is 4.79 Å². The van der Waals surface area contributed by atoms with Crippen LogP contribution in [0.2, 0.25) is 0 Å². The van der Waals surface area contributed by atoms with Gasteiger partial charge in [0, 0.05) is 25.5 Å². The zero-order valence-electron chi connectivity index (χ0n) is 15.8. The van der Waals surface area contributed by atoms with Crippen LogP contribution in [-0.2, 0) is 4.79 Å². The lowest BCUT2D eigenvalue weighted by molar-refractivity contribution is -0.121. The third-order valence-electron chi connectivity index (χ3n) is 4.32. The van der Waals surface area contributed by atoms with Crippen LogP contribution in [0.4, 0.5) is 11.4 Å². The van der Waals surface area contributed by atoms with Gasteiger partial charge in [0.1, 0.15) is 6.04 Å². The predicted molar refractivity (Wildman–Crippen MR) is 114 cm³/mol. The second kappa shape index (κ2) is 8.36. The molecular weight excluding hydrogens is 336 g/mol. The number of hydrazone groups is 1. The molecule has 3 rings (SSSR count). The number of nitrogens with one attached hydrogen (secondary N) is 2. The van der Waals surface area contributed by atoms with E-state index in [4.69, 9.17) is 0 Å². The van der Waals surface area contributed by atoms with Gasteiger partial charge in [-0.1, -0.05) is 42.5 Å². The van der Waals surface area contributed by atoms with Crippen LogP contribution >= 0.6 is 0 Å². The molecule has 3 aromatic carbocycles. The minimum atomic E-state index is -0.403. The maximum absolute atomic E-state index is 12.3. The number of carbonyl (C=O) groups excluding carboxylic acids is 1. The molecule has 2 N–H and O–H groups in total. The van der Waals surface area contributed by atoms with Gasteiger partial charge in [0.2, 0.25) is 0 Å². The van der Waals surface area contributed by atoms with Gasteiger partial charge in [-0.15, -0.1) is 0 Å². The fourth-order valence-electron chi connectivity index (χ4n) is 2.72. The summed E-state index contributed by atoms with van der Waals surface area (Å²) in [4.78, 5) is 14.3. The van der Waals surface area contributed by atoms with E-state index in [0.29, 0.717) is 0 Å². The summed E-state index contributed by atoms with van der Waals surface area (Å²) in [5.74, 6) is -0.190. The van der Waals surface area contributed by atoms with Gasteiger partial charge in [-0.25, -0.2) is 5.43 Å². The summed E-state index contributed by atoms with van der Waals surface area (Å²) in [7, 11) is 3.99. The first-order valence-corrected chi connectivity index (χ1v) is 8.88. The van der Waals surface area contributed by atoms with Gasteiger partial charge in [0.25, 0.3) is 5.91 Å². The first kappa shape index (κ1) is 18.5. The van der Waals surface area contributed by atoms with E-state index in [1.165, 1.54) is 5.39 Å². The van der Waals surface area contributed by atoms with Gasteiger partial charge in [-0.05, 0) is 47.5 Å². The van der Waals surface area contributed by atoms with E-state index < -0.39 is 6.04 Å². The van der Waals surface area contributed by atoms with E-state index in [1.807, 2.05) is 80.5 Å². The molecule has 0 bridgehead atoms. The Morgan fingerprint density at radius 1 is 1.00 bits per heavy atom. The molecule has 0 saturated carbocycles. The van der Waals surface area contributed by atoms with Crippen LogP contribution in [0.25, 0.3) is 10.8 Å². The highest BCUT2D eigenvalue weighted by Gasteiger charge is 2.11. The molecule has 0 aliphatic carbocycles. The van der Waals surface area contributed by atoms with Gasteiger partial charge in [0.05, 0.1) is 6.21 Å². The van der Waals surface area contributed by atoms with Gasteiger partial charge in [-0.2, -0.15) is 5.10 Å². The maximum Gasteiger partial charge on any atom is 0.262 e. The van der Waals surface area contributed by atoms with Crippen molar-refractivity contribution in [3.63, 3.8) is 0 Å². The van der Waals surface area contributed by atoms with Crippen LogP contribution in [0.15, 0.2) is 71.8 Å². The molecule has 27 heavy (non-hydrogen) atoms. The predicted octanol–water partition coefficient (Wildman–Crippen LogP) is 3.86. The van der Waals surface area contributed by atoms with Crippen LogP contribution in [-0.4, -0.2) is 32.3 Å². The number of amides is 1. The zero-order valence-corrected chi connectivity index (χ0v) is 15.8. The molecule has 5 heteroatoms. The Kier molecular flexibility index (Phi) is 5.71. The molecular formula is C22H24N4O. The number of anilines is 2. The SMILES string of the molecule is C[C@@H](Nc1ccc2ccccc2c1)C(=O)N/N=C\c1ccc(N(C)C)cc1. The average molecular weight is 360 g/mol. The number of carbonyl (C=O) groups is 1. The standard InChI is InChI=1S/C22H24N4O/c1-16(24-20-11-10-18-6-4-5-7-19(18)14-20)22(27)25-23-15-17-8-12-21(13-9-17)26(2)3/h4-16,24H,1-3H3,(H,25,27)/b23-15-/t16-/m1/s1.